The van der Waals surface area contributed by atoms with Crippen LogP contribution in [0.25, 0.3) is 10.9 Å². The van der Waals surface area contributed by atoms with Crippen LogP contribution in [0.15, 0.2) is 78.5 Å². The Morgan fingerprint density at radius 1 is 0.971 bits per heavy atom. The molecule has 1 heterocycles. The first-order valence-corrected chi connectivity index (χ1v) is 16.3. The highest BCUT2D eigenvalue weighted by molar-refractivity contribution is 6.89. The summed E-state index contributed by atoms with van der Waals surface area (Å²) in [5.41, 5.74) is 3.05. The second-order valence-corrected chi connectivity index (χ2v) is 15.7. The van der Waals surface area contributed by atoms with Gasteiger partial charge in [0.15, 0.2) is 0 Å². The van der Waals surface area contributed by atoms with Crippen molar-refractivity contribution in [2.75, 3.05) is 5.32 Å². The summed E-state index contributed by atoms with van der Waals surface area (Å²) in [6.45, 7) is 11.6. The van der Waals surface area contributed by atoms with Gasteiger partial charge in [-0.1, -0.05) is 97.8 Å². The molecule has 2 aromatic carbocycles. The number of benzene rings is 2. The number of rotatable bonds is 12. The van der Waals surface area contributed by atoms with Crippen molar-refractivity contribution < 1.29 is 4.79 Å². The minimum absolute atomic E-state index is 0.100. The SMILES string of the molecule is CC(C)=CCCC(C)CCC(CC(=O)Nc1cccc2cccnc12)C[Si](C)(C)c1ccccc1. The maximum absolute atomic E-state index is 13.2. The van der Waals surface area contributed by atoms with Gasteiger partial charge in [-0.2, -0.15) is 0 Å². The van der Waals surface area contributed by atoms with Gasteiger partial charge in [-0.05, 0) is 57.1 Å². The number of carbonyl (C=O) groups excluding carboxylic acids is 1. The van der Waals surface area contributed by atoms with Gasteiger partial charge in [0.05, 0.1) is 19.3 Å². The molecule has 2 unspecified atom stereocenters. The first kappa shape index (κ1) is 26.9. The second-order valence-electron chi connectivity index (χ2n) is 11.0. The molecule has 3 rings (SSSR count). The van der Waals surface area contributed by atoms with Crippen LogP contribution in [0.4, 0.5) is 5.69 Å². The van der Waals surface area contributed by atoms with Crippen molar-refractivity contribution in [1.82, 2.24) is 4.98 Å². The molecule has 0 fully saturated rings. The van der Waals surface area contributed by atoms with Gasteiger partial charge in [-0.15, -0.1) is 0 Å². The lowest BCUT2D eigenvalue weighted by atomic mass is 9.92. The highest BCUT2D eigenvalue weighted by Gasteiger charge is 2.29. The number of pyridine rings is 1. The molecule has 0 aliphatic heterocycles. The zero-order valence-electron chi connectivity index (χ0n) is 22.2. The normalized spacial score (nSPS) is 13.3. The van der Waals surface area contributed by atoms with Crippen LogP contribution in [0, 0.1) is 11.8 Å². The van der Waals surface area contributed by atoms with E-state index in [0.717, 1.165) is 35.5 Å². The number of allylic oxidation sites excluding steroid dienone is 2. The van der Waals surface area contributed by atoms with Gasteiger partial charge in [0, 0.05) is 18.0 Å². The van der Waals surface area contributed by atoms with Crippen molar-refractivity contribution in [3.63, 3.8) is 0 Å². The number of nitrogens with one attached hydrogen (secondary N) is 1. The number of para-hydroxylation sites is 1. The molecule has 3 nitrogen and oxygen atoms in total. The van der Waals surface area contributed by atoms with Gasteiger partial charge < -0.3 is 5.32 Å². The van der Waals surface area contributed by atoms with E-state index in [-0.39, 0.29) is 5.91 Å². The van der Waals surface area contributed by atoms with Crippen LogP contribution in [-0.4, -0.2) is 19.0 Å². The molecule has 0 radical (unpaired) electrons. The largest absolute Gasteiger partial charge is 0.324 e. The summed E-state index contributed by atoms with van der Waals surface area (Å²) in [5, 5.41) is 5.70. The zero-order valence-corrected chi connectivity index (χ0v) is 23.2. The van der Waals surface area contributed by atoms with Crippen LogP contribution in [0.3, 0.4) is 0 Å². The number of aromatic nitrogens is 1. The van der Waals surface area contributed by atoms with E-state index in [9.17, 15) is 4.79 Å². The minimum Gasteiger partial charge on any atom is -0.324 e. The molecule has 0 aliphatic rings. The third-order valence-electron chi connectivity index (χ3n) is 7.01. The average molecular weight is 487 g/mol. The molecule has 3 aromatic rings. The van der Waals surface area contributed by atoms with Gasteiger partial charge in [0.25, 0.3) is 0 Å². The lowest BCUT2D eigenvalue weighted by Gasteiger charge is -2.29. The van der Waals surface area contributed by atoms with Gasteiger partial charge in [-0.25, -0.2) is 0 Å². The zero-order chi connectivity index (χ0) is 25.3. The lowest BCUT2D eigenvalue weighted by molar-refractivity contribution is -0.117. The molecule has 1 amide bonds. The summed E-state index contributed by atoms with van der Waals surface area (Å²) in [4.78, 5) is 17.7. The number of carbonyl (C=O) groups is 1. The summed E-state index contributed by atoms with van der Waals surface area (Å²) in [6.07, 6.45) is 9.31. The van der Waals surface area contributed by atoms with Crippen LogP contribution in [0.1, 0.15) is 52.9 Å². The van der Waals surface area contributed by atoms with Gasteiger partial charge in [0.1, 0.15) is 0 Å². The molecule has 1 N–H and O–H groups in total. The number of nitrogens with zero attached hydrogens (tertiary/aromatic N) is 1. The van der Waals surface area contributed by atoms with Gasteiger partial charge >= 0.3 is 0 Å². The third-order valence-corrected chi connectivity index (χ3v) is 10.5. The molecule has 0 bridgehead atoms. The highest BCUT2D eigenvalue weighted by atomic mass is 28.3. The number of fused-ring (bicyclic) bond motifs is 1. The Morgan fingerprint density at radius 3 is 2.46 bits per heavy atom. The Balaban J connectivity index is 1.70. The molecular formula is C31H42N2OSi. The topological polar surface area (TPSA) is 42.0 Å². The van der Waals surface area contributed by atoms with Crippen LogP contribution in [0.2, 0.25) is 19.1 Å². The fraction of sp³-hybridized carbons (Fsp3) is 0.419. The number of hydrogen-bond acceptors (Lipinski definition) is 2. The van der Waals surface area contributed by atoms with Crippen LogP contribution >= 0.6 is 0 Å². The Kier molecular flexibility index (Phi) is 9.85. The first-order valence-electron chi connectivity index (χ1n) is 13.1. The Hall–Kier alpha value is -2.72. The fourth-order valence-corrected chi connectivity index (χ4v) is 8.12. The lowest BCUT2D eigenvalue weighted by Crippen LogP contribution is -2.43. The van der Waals surface area contributed by atoms with E-state index in [0.29, 0.717) is 18.3 Å². The second kappa shape index (κ2) is 12.8. The maximum atomic E-state index is 13.2. The van der Waals surface area contributed by atoms with Gasteiger partial charge in [-0.3, -0.25) is 9.78 Å². The molecule has 0 saturated carbocycles. The molecule has 1 aromatic heterocycles. The van der Waals surface area contributed by atoms with Crippen LogP contribution < -0.4 is 10.5 Å². The van der Waals surface area contributed by atoms with E-state index < -0.39 is 8.07 Å². The Labute approximate surface area is 213 Å². The van der Waals surface area contributed by atoms with Crippen molar-refractivity contribution >= 4 is 35.8 Å². The molecule has 0 aliphatic carbocycles. The molecule has 2 atom stereocenters. The third kappa shape index (κ3) is 8.46. The van der Waals surface area contributed by atoms with Crippen LogP contribution in [-0.2, 0) is 4.79 Å². The molecular weight excluding hydrogens is 444 g/mol. The number of hydrogen-bond donors (Lipinski definition) is 1. The molecule has 0 saturated heterocycles. The monoisotopic (exact) mass is 486 g/mol. The molecule has 0 spiro atoms. The standard InChI is InChI=1S/C31H42N2OSi/c1-24(2)12-9-13-25(3)19-20-26(23-35(4,5)28-16-7-6-8-17-28)22-30(34)33-29-18-10-14-27-15-11-21-32-31(27)29/h6-8,10-12,14-18,21,25-26H,9,13,19-20,22-23H2,1-5H3,(H,33,34). The summed E-state index contributed by atoms with van der Waals surface area (Å²) >= 11 is 0. The Bertz CT molecular complexity index is 1110. The van der Waals surface area contributed by atoms with E-state index in [2.05, 4.69) is 80.6 Å². The molecule has 4 heteroatoms. The molecule has 186 valence electrons. The van der Waals surface area contributed by atoms with Crippen molar-refractivity contribution in [1.29, 1.82) is 0 Å². The van der Waals surface area contributed by atoms with E-state index in [1.54, 1.807) is 6.20 Å². The highest BCUT2D eigenvalue weighted by Crippen LogP contribution is 2.28. The maximum Gasteiger partial charge on any atom is 0.224 e. The van der Waals surface area contributed by atoms with Crippen molar-refractivity contribution in [3.8, 4) is 0 Å². The summed E-state index contributed by atoms with van der Waals surface area (Å²) in [6, 6.07) is 22.0. The predicted octanol–water partition coefficient (Wildman–Crippen LogP) is 7.96. The summed E-state index contributed by atoms with van der Waals surface area (Å²) in [7, 11) is -1.66. The summed E-state index contributed by atoms with van der Waals surface area (Å²) < 4.78 is 0. The van der Waals surface area contributed by atoms with Gasteiger partial charge in [0.2, 0.25) is 5.91 Å². The van der Waals surface area contributed by atoms with Crippen molar-refractivity contribution in [2.24, 2.45) is 11.8 Å². The number of anilines is 1. The Morgan fingerprint density at radius 2 is 1.71 bits per heavy atom. The van der Waals surface area contributed by atoms with E-state index in [4.69, 9.17) is 0 Å². The smallest absolute Gasteiger partial charge is 0.224 e. The van der Waals surface area contributed by atoms with Crippen LogP contribution in [0.5, 0.6) is 0 Å². The van der Waals surface area contributed by atoms with E-state index in [1.807, 2.05) is 30.3 Å². The number of amides is 1. The van der Waals surface area contributed by atoms with Crippen molar-refractivity contribution in [2.45, 2.75) is 72.0 Å². The summed E-state index contributed by atoms with van der Waals surface area (Å²) in [5.74, 6) is 1.15. The quantitative estimate of drug-likeness (QED) is 0.208. The average Bonchev–Trinajstić information content (AvgIpc) is 2.83. The first-order chi connectivity index (χ1) is 16.7. The van der Waals surface area contributed by atoms with E-state index in [1.165, 1.54) is 23.6 Å². The fourth-order valence-electron chi connectivity index (χ4n) is 4.99. The minimum atomic E-state index is -1.66. The van der Waals surface area contributed by atoms with Crippen molar-refractivity contribution in [3.05, 3.63) is 78.5 Å². The predicted molar refractivity (Wildman–Crippen MR) is 154 cm³/mol. The molecule has 35 heavy (non-hydrogen) atoms. The van der Waals surface area contributed by atoms with E-state index >= 15 is 0 Å².